The summed E-state index contributed by atoms with van der Waals surface area (Å²) in [5.41, 5.74) is 2.20. The highest BCUT2D eigenvalue weighted by Crippen LogP contribution is 2.38. The lowest BCUT2D eigenvalue weighted by atomic mass is 10.1. The number of pyridine rings is 1. The number of anilines is 1. The van der Waals surface area contributed by atoms with Gasteiger partial charge in [0.25, 0.3) is 5.91 Å². The number of hydrogen-bond donors (Lipinski definition) is 1. The van der Waals surface area contributed by atoms with Crippen LogP contribution in [0.5, 0.6) is 0 Å². The van der Waals surface area contributed by atoms with E-state index in [1.54, 1.807) is 41.4 Å². The van der Waals surface area contributed by atoms with Gasteiger partial charge in [0.1, 0.15) is 5.82 Å². The molecule has 1 N–H and O–H groups in total. The molecule has 140 valence electrons. The van der Waals surface area contributed by atoms with E-state index in [0.29, 0.717) is 22.5 Å². The number of rotatable bonds is 5. The quantitative estimate of drug-likeness (QED) is 0.741. The lowest BCUT2D eigenvalue weighted by molar-refractivity contribution is -0.121. The first-order chi connectivity index (χ1) is 13.6. The molecule has 3 aromatic rings. The van der Waals surface area contributed by atoms with E-state index >= 15 is 0 Å². The second-order valence-electron chi connectivity index (χ2n) is 6.53. The van der Waals surface area contributed by atoms with Crippen LogP contribution in [0.3, 0.4) is 0 Å². The number of carbonyl (C=O) groups is 2. The van der Waals surface area contributed by atoms with Gasteiger partial charge in [0.15, 0.2) is 0 Å². The van der Waals surface area contributed by atoms with Crippen LogP contribution in [0.15, 0.2) is 72.9 Å². The van der Waals surface area contributed by atoms with Gasteiger partial charge in [-0.2, -0.15) is 0 Å². The Kier molecular flexibility index (Phi) is 4.85. The van der Waals surface area contributed by atoms with Gasteiger partial charge in [-0.3, -0.25) is 19.5 Å². The van der Waals surface area contributed by atoms with Crippen LogP contribution in [-0.2, 0) is 11.3 Å². The molecule has 1 aliphatic rings. The summed E-state index contributed by atoms with van der Waals surface area (Å²) in [6.45, 7) is 0.0899. The maximum Gasteiger partial charge on any atom is 0.260 e. The molecule has 6 heteroatoms. The van der Waals surface area contributed by atoms with Gasteiger partial charge in [0.05, 0.1) is 23.7 Å². The van der Waals surface area contributed by atoms with Gasteiger partial charge in [0, 0.05) is 24.0 Å². The number of carbonyl (C=O) groups excluding carboxylic acids is 2. The Balaban J connectivity index is 1.56. The van der Waals surface area contributed by atoms with Crippen LogP contribution in [0.4, 0.5) is 10.1 Å². The monoisotopic (exact) mass is 375 g/mol. The van der Waals surface area contributed by atoms with Crippen molar-refractivity contribution >= 4 is 17.5 Å². The predicted octanol–water partition coefficient (Wildman–Crippen LogP) is 3.63. The molecular weight excluding hydrogens is 357 g/mol. The molecule has 2 amide bonds. The maximum atomic E-state index is 13.8. The molecule has 0 radical (unpaired) electrons. The lowest BCUT2D eigenvalue weighted by Crippen LogP contribution is -2.33. The molecular formula is C22H18FN3O2. The Hall–Kier alpha value is -3.54. The largest absolute Gasteiger partial charge is 0.352 e. The summed E-state index contributed by atoms with van der Waals surface area (Å²) in [4.78, 5) is 31.4. The predicted molar refractivity (Wildman–Crippen MR) is 103 cm³/mol. The van der Waals surface area contributed by atoms with Crippen molar-refractivity contribution in [1.82, 2.24) is 10.3 Å². The van der Waals surface area contributed by atoms with Crippen LogP contribution in [0, 0.1) is 5.82 Å². The van der Waals surface area contributed by atoms with E-state index < -0.39 is 6.04 Å². The van der Waals surface area contributed by atoms with Crippen LogP contribution in [-0.4, -0.2) is 16.8 Å². The average molecular weight is 375 g/mol. The summed E-state index contributed by atoms with van der Waals surface area (Å²) in [5.74, 6) is -0.821. The van der Waals surface area contributed by atoms with Gasteiger partial charge < -0.3 is 5.32 Å². The van der Waals surface area contributed by atoms with Crippen molar-refractivity contribution in [3.05, 3.63) is 95.6 Å². The number of aromatic nitrogens is 1. The number of nitrogens with one attached hydrogen (secondary N) is 1. The van der Waals surface area contributed by atoms with E-state index in [2.05, 4.69) is 10.3 Å². The summed E-state index contributed by atoms with van der Waals surface area (Å²) >= 11 is 0. The summed E-state index contributed by atoms with van der Waals surface area (Å²) < 4.78 is 13.8. The Labute approximate surface area is 161 Å². The van der Waals surface area contributed by atoms with Crippen molar-refractivity contribution in [3.63, 3.8) is 0 Å². The molecule has 0 spiro atoms. The van der Waals surface area contributed by atoms with Crippen molar-refractivity contribution < 1.29 is 14.0 Å². The first-order valence-corrected chi connectivity index (χ1v) is 8.99. The summed E-state index contributed by atoms with van der Waals surface area (Å²) in [7, 11) is 0. The summed E-state index contributed by atoms with van der Waals surface area (Å²) in [5, 5.41) is 2.74. The minimum atomic E-state index is -0.508. The van der Waals surface area contributed by atoms with Gasteiger partial charge in [-0.25, -0.2) is 4.39 Å². The van der Waals surface area contributed by atoms with Gasteiger partial charge in [-0.15, -0.1) is 0 Å². The van der Waals surface area contributed by atoms with E-state index in [1.807, 2.05) is 30.3 Å². The van der Waals surface area contributed by atoms with Crippen molar-refractivity contribution in [2.75, 3.05) is 4.90 Å². The molecule has 2 heterocycles. The zero-order chi connectivity index (χ0) is 19.5. The molecule has 1 atom stereocenters. The van der Waals surface area contributed by atoms with Gasteiger partial charge in [-0.05, 0) is 30.3 Å². The minimum absolute atomic E-state index is 0.0408. The van der Waals surface area contributed by atoms with Crippen molar-refractivity contribution in [2.24, 2.45) is 0 Å². The molecule has 0 saturated heterocycles. The molecule has 4 rings (SSSR count). The normalized spacial score (nSPS) is 15.4. The fraction of sp³-hybridized carbons (Fsp3) is 0.136. The number of fused-ring (bicyclic) bond motifs is 1. The highest BCUT2D eigenvalue weighted by Gasteiger charge is 2.39. The Morgan fingerprint density at radius 2 is 1.79 bits per heavy atom. The Morgan fingerprint density at radius 1 is 1.04 bits per heavy atom. The molecule has 0 aliphatic carbocycles. The van der Waals surface area contributed by atoms with Crippen molar-refractivity contribution in [1.29, 1.82) is 0 Å². The maximum absolute atomic E-state index is 13.8. The van der Waals surface area contributed by atoms with Crippen molar-refractivity contribution in [3.8, 4) is 0 Å². The third-order valence-corrected chi connectivity index (χ3v) is 4.76. The Morgan fingerprint density at radius 3 is 2.57 bits per heavy atom. The second-order valence-corrected chi connectivity index (χ2v) is 6.53. The molecule has 2 aromatic carbocycles. The van der Waals surface area contributed by atoms with Gasteiger partial charge >= 0.3 is 0 Å². The number of halogens is 1. The average Bonchev–Trinajstić information content (AvgIpc) is 3.00. The number of amides is 2. The van der Waals surface area contributed by atoms with Crippen molar-refractivity contribution in [2.45, 2.75) is 19.0 Å². The molecule has 0 unspecified atom stereocenters. The first kappa shape index (κ1) is 17.9. The number of para-hydroxylation sites is 1. The van der Waals surface area contributed by atoms with Crippen LogP contribution in [0.2, 0.25) is 0 Å². The molecule has 0 bridgehead atoms. The topological polar surface area (TPSA) is 62.3 Å². The first-order valence-electron chi connectivity index (χ1n) is 8.99. The lowest BCUT2D eigenvalue weighted by Gasteiger charge is -2.24. The minimum Gasteiger partial charge on any atom is -0.352 e. The zero-order valence-corrected chi connectivity index (χ0v) is 15.0. The zero-order valence-electron chi connectivity index (χ0n) is 15.0. The van der Waals surface area contributed by atoms with E-state index in [9.17, 15) is 14.0 Å². The van der Waals surface area contributed by atoms with Gasteiger partial charge in [0.2, 0.25) is 5.91 Å². The second kappa shape index (κ2) is 7.60. The SMILES string of the molecule is O=C(C[C@@H]1c2ncccc2C(=O)N1c1ccccc1)NCc1ccccc1F. The van der Waals surface area contributed by atoms with E-state index in [4.69, 9.17) is 0 Å². The van der Waals surface area contributed by atoms with Crippen LogP contribution in [0.25, 0.3) is 0 Å². The van der Waals surface area contributed by atoms with Crippen LogP contribution in [0.1, 0.15) is 34.1 Å². The molecule has 0 saturated carbocycles. The smallest absolute Gasteiger partial charge is 0.260 e. The number of hydrogen-bond acceptors (Lipinski definition) is 3. The molecule has 5 nitrogen and oxygen atoms in total. The highest BCUT2D eigenvalue weighted by molar-refractivity contribution is 6.11. The third-order valence-electron chi connectivity index (χ3n) is 4.76. The third kappa shape index (κ3) is 3.36. The fourth-order valence-electron chi connectivity index (χ4n) is 3.41. The number of nitrogens with zero attached hydrogens (tertiary/aromatic N) is 2. The standard InChI is InChI=1S/C22H18FN3O2/c23-18-11-5-4-7-15(18)14-25-20(27)13-19-21-17(10-6-12-24-21)22(28)26(19)16-8-2-1-3-9-16/h1-12,19H,13-14H2,(H,25,27)/t19-/m1/s1. The van der Waals surface area contributed by atoms with Gasteiger partial charge in [-0.1, -0.05) is 36.4 Å². The Bertz CT molecular complexity index is 1020. The van der Waals surface area contributed by atoms with E-state index in [1.165, 1.54) is 6.07 Å². The van der Waals surface area contributed by atoms with E-state index in [0.717, 1.165) is 0 Å². The summed E-state index contributed by atoms with van der Waals surface area (Å²) in [6.07, 6.45) is 1.66. The molecule has 1 aromatic heterocycles. The molecule has 0 fully saturated rings. The van der Waals surface area contributed by atoms with Crippen LogP contribution < -0.4 is 10.2 Å². The molecule has 1 aliphatic heterocycles. The number of benzene rings is 2. The fourth-order valence-corrected chi connectivity index (χ4v) is 3.41. The summed E-state index contributed by atoms with van der Waals surface area (Å²) in [6, 6.07) is 18.4. The molecule has 28 heavy (non-hydrogen) atoms. The van der Waals surface area contributed by atoms with E-state index in [-0.39, 0.29) is 30.6 Å². The highest BCUT2D eigenvalue weighted by atomic mass is 19.1. The van der Waals surface area contributed by atoms with Crippen LogP contribution >= 0.6 is 0 Å².